The third-order valence-electron chi connectivity index (χ3n) is 3.07. The van der Waals surface area contributed by atoms with Crippen molar-refractivity contribution >= 4 is 15.7 Å². The van der Waals surface area contributed by atoms with Crippen LogP contribution in [0, 0.1) is 0 Å². The Hall–Kier alpha value is -1.37. The van der Waals surface area contributed by atoms with Gasteiger partial charge in [0.15, 0.2) is 12.1 Å². The maximum atomic E-state index is 11.9. The fraction of sp³-hybridized carbons (Fsp3) is 0.636. The Labute approximate surface area is 106 Å². The predicted molar refractivity (Wildman–Crippen MR) is 65.0 cm³/mol. The summed E-state index contributed by atoms with van der Waals surface area (Å²) in [5.41, 5.74) is 0.297. The van der Waals surface area contributed by atoms with Crippen LogP contribution >= 0.6 is 0 Å². The zero-order valence-corrected chi connectivity index (χ0v) is 11.0. The minimum Gasteiger partial charge on any atom is -0.448 e. The topological polar surface area (TPSA) is 89.3 Å². The fourth-order valence-electron chi connectivity index (χ4n) is 1.99. The maximum absolute atomic E-state index is 11.9. The largest absolute Gasteiger partial charge is 0.448 e. The predicted octanol–water partition coefficient (Wildman–Crippen LogP) is 0.544. The Morgan fingerprint density at radius 3 is 2.78 bits per heavy atom. The van der Waals surface area contributed by atoms with Gasteiger partial charge in [-0.25, -0.2) is 13.4 Å². The summed E-state index contributed by atoms with van der Waals surface area (Å²) in [4.78, 5) is 15.8. The highest BCUT2D eigenvalue weighted by Gasteiger charge is 2.26. The molecular weight excluding hydrogens is 256 g/mol. The van der Waals surface area contributed by atoms with E-state index in [4.69, 9.17) is 4.42 Å². The van der Waals surface area contributed by atoms with Gasteiger partial charge in [0.2, 0.25) is 0 Å². The maximum Gasteiger partial charge on any atom is 0.273 e. The Kier molecular flexibility index (Phi) is 3.70. The lowest BCUT2D eigenvalue weighted by molar-refractivity contribution is 0.0928. The summed E-state index contributed by atoms with van der Waals surface area (Å²) in [6.45, 7) is 1.88. The van der Waals surface area contributed by atoms with E-state index in [0.717, 1.165) is 0 Å². The second-order valence-corrected chi connectivity index (χ2v) is 6.68. The minimum absolute atomic E-state index is 0.0950. The average molecular weight is 272 g/mol. The van der Waals surface area contributed by atoms with E-state index in [0.29, 0.717) is 30.7 Å². The van der Waals surface area contributed by atoms with Crippen molar-refractivity contribution < 1.29 is 17.6 Å². The molecule has 1 aliphatic heterocycles. The number of oxazole rings is 1. The van der Waals surface area contributed by atoms with E-state index in [1.165, 1.54) is 6.39 Å². The summed E-state index contributed by atoms with van der Waals surface area (Å²) in [5, 5.41) is 2.81. The molecule has 2 rings (SSSR count). The van der Waals surface area contributed by atoms with E-state index in [-0.39, 0.29) is 23.5 Å². The van der Waals surface area contributed by atoms with Crippen LogP contribution in [0.2, 0.25) is 0 Å². The molecule has 1 fully saturated rings. The third kappa shape index (κ3) is 2.90. The number of amides is 1. The lowest BCUT2D eigenvalue weighted by Gasteiger charge is -2.22. The molecular formula is C11H16N2O4S. The summed E-state index contributed by atoms with van der Waals surface area (Å²) in [5.74, 6) is 0.537. The van der Waals surface area contributed by atoms with Crippen LogP contribution in [0.5, 0.6) is 0 Å². The van der Waals surface area contributed by atoms with Crippen LogP contribution in [0.15, 0.2) is 10.8 Å². The lowest BCUT2D eigenvalue weighted by atomic mass is 10.1. The average Bonchev–Trinajstić information content (AvgIpc) is 2.80. The van der Waals surface area contributed by atoms with E-state index in [1.807, 2.05) is 6.92 Å². The van der Waals surface area contributed by atoms with Gasteiger partial charge in [0, 0.05) is 12.5 Å². The van der Waals surface area contributed by atoms with Crippen LogP contribution in [0.4, 0.5) is 0 Å². The van der Waals surface area contributed by atoms with Crippen LogP contribution < -0.4 is 5.32 Å². The zero-order chi connectivity index (χ0) is 13.2. The van der Waals surface area contributed by atoms with Gasteiger partial charge in [-0.05, 0) is 12.8 Å². The monoisotopic (exact) mass is 272 g/mol. The normalized spacial score (nSPS) is 19.6. The molecule has 7 heteroatoms. The Morgan fingerprint density at radius 1 is 1.50 bits per heavy atom. The molecule has 100 valence electrons. The smallest absolute Gasteiger partial charge is 0.273 e. The molecule has 1 aliphatic rings. The number of rotatable bonds is 3. The Morgan fingerprint density at radius 2 is 2.17 bits per heavy atom. The first-order valence-electron chi connectivity index (χ1n) is 5.95. The molecule has 0 bridgehead atoms. The zero-order valence-electron chi connectivity index (χ0n) is 10.2. The second-order valence-electron chi connectivity index (χ2n) is 4.38. The van der Waals surface area contributed by atoms with Crippen molar-refractivity contribution in [3.8, 4) is 0 Å². The molecule has 18 heavy (non-hydrogen) atoms. The standard InChI is InChI=1S/C11H16N2O4S/c1-2-9-10(12-7-17-9)11(14)13-8-3-5-18(15,16)6-4-8/h7-8H,2-6H2,1H3,(H,13,14). The molecule has 1 amide bonds. The number of hydrogen-bond acceptors (Lipinski definition) is 5. The number of carbonyl (C=O) groups is 1. The number of nitrogens with zero attached hydrogens (tertiary/aromatic N) is 1. The third-order valence-corrected chi connectivity index (χ3v) is 4.78. The van der Waals surface area contributed by atoms with Crippen molar-refractivity contribution in [3.05, 3.63) is 17.8 Å². The fourth-order valence-corrected chi connectivity index (χ4v) is 3.49. The van der Waals surface area contributed by atoms with Gasteiger partial charge < -0.3 is 9.73 Å². The molecule has 0 atom stereocenters. The summed E-state index contributed by atoms with van der Waals surface area (Å²) >= 11 is 0. The van der Waals surface area contributed by atoms with E-state index < -0.39 is 9.84 Å². The van der Waals surface area contributed by atoms with Crippen molar-refractivity contribution in [3.63, 3.8) is 0 Å². The van der Waals surface area contributed by atoms with Crippen LogP contribution in [0.3, 0.4) is 0 Å². The first kappa shape index (κ1) is 13.1. The van der Waals surface area contributed by atoms with Gasteiger partial charge in [-0.2, -0.15) is 0 Å². The number of aromatic nitrogens is 1. The second kappa shape index (κ2) is 5.09. The SMILES string of the molecule is CCc1ocnc1C(=O)NC1CCS(=O)(=O)CC1. The molecule has 1 saturated heterocycles. The highest BCUT2D eigenvalue weighted by atomic mass is 32.2. The molecule has 0 aromatic carbocycles. The van der Waals surface area contributed by atoms with Gasteiger partial charge >= 0.3 is 0 Å². The van der Waals surface area contributed by atoms with Crippen LogP contribution in [-0.2, 0) is 16.3 Å². The molecule has 1 aromatic rings. The molecule has 6 nitrogen and oxygen atoms in total. The quantitative estimate of drug-likeness (QED) is 0.867. The van der Waals surface area contributed by atoms with Crippen molar-refractivity contribution in [2.45, 2.75) is 32.2 Å². The van der Waals surface area contributed by atoms with Crippen molar-refractivity contribution in [2.75, 3.05) is 11.5 Å². The van der Waals surface area contributed by atoms with Crippen LogP contribution in [0.1, 0.15) is 36.0 Å². The van der Waals surface area contributed by atoms with Gasteiger partial charge in [0.05, 0.1) is 11.5 Å². The van der Waals surface area contributed by atoms with Crippen LogP contribution in [0.25, 0.3) is 0 Å². The van der Waals surface area contributed by atoms with Gasteiger partial charge in [0.25, 0.3) is 5.91 Å². The molecule has 2 heterocycles. The van der Waals surface area contributed by atoms with Crippen LogP contribution in [-0.4, -0.2) is 36.9 Å². The van der Waals surface area contributed by atoms with E-state index in [1.54, 1.807) is 0 Å². The van der Waals surface area contributed by atoms with Gasteiger partial charge in [-0.1, -0.05) is 6.92 Å². The minimum atomic E-state index is -2.90. The number of nitrogens with one attached hydrogen (secondary N) is 1. The number of hydrogen-bond donors (Lipinski definition) is 1. The summed E-state index contributed by atoms with van der Waals surface area (Å²) in [7, 11) is -2.90. The Balaban J connectivity index is 1.97. The molecule has 0 aliphatic carbocycles. The molecule has 0 spiro atoms. The van der Waals surface area contributed by atoms with Crippen molar-refractivity contribution in [2.24, 2.45) is 0 Å². The summed E-state index contributed by atoms with van der Waals surface area (Å²) in [6.07, 6.45) is 2.78. The van der Waals surface area contributed by atoms with Crippen molar-refractivity contribution in [1.82, 2.24) is 10.3 Å². The van der Waals surface area contributed by atoms with E-state index in [9.17, 15) is 13.2 Å². The molecule has 1 aromatic heterocycles. The van der Waals surface area contributed by atoms with Gasteiger partial charge in [-0.15, -0.1) is 0 Å². The molecule has 0 saturated carbocycles. The molecule has 0 radical (unpaired) electrons. The Bertz CT molecular complexity index is 521. The number of sulfone groups is 1. The molecule has 0 unspecified atom stereocenters. The number of aryl methyl sites for hydroxylation is 1. The van der Waals surface area contributed by atoms with Crippen molar-refractivity contribution in [1.29, 1.82) is 0 Å². The first-order chi connectivity index (χ1) is 8.52. The summed E-state index contributed by atoms with van der Waals surface area (Å²) < 4.78 is 27.6. The molecule has 1 N–H and O–H groups in total. The van der Waals surface area contributed by atoms with E-state index >= 15 is 0 Å². The summed E-state index contributed by atoms with van der Waals surface area (Å²) in [6, 6.07) is -0.0950. The van der Waals surface area contributed by atoms with E-state index in [2.05, 4.69) is 10.3 Å². The highest BCUT2D eigenvalue weighted by molar-refractivity contribution is 7.91. The van der Waals surface area contributed by atoms with Gasteiger partial charge in [-0.3, -0.25) is 4.79 Å². The first-order valence-corrected chi connectivity index (χ1v) is 7.77. The van der Waals surface area contributed by atoms with Gasteiger partial charge in [0.1, 0.15) is 15.6 Å². The highest BCUT2D eigenvalue weighted by Crippen LogP contribution is 2.14. The number of carbonyl (C=O) groups excluding carboxylic acids is 1. The lowest BCUT2D eigenvalue weighted by Crippen LogP contribution is -2.41.